The summed E-state index contributed by atoms with van der Waals surface area (Å²) >= 11 is 0. The van der Waals surface area contributed by atoms with Crippen LogP contribution >= 0.6 is 0 Å². The zero-order valence-electron chi connectivity index (χ0n) is 11.9. The van der Waals surface area contributed by atoms with E-state index in [1.165, 1.54) is 5.56 Å². The molecule has 0 aliphatic rings. The fourth-order valence-corrected chi connectivity index (χ4v) is 1.96. The first-order chi connectivity index (χ1) is 9.02. The molecule has 4 nitrogen and oxygen atoms in total. The van der Waals surface area contributed by atoms with Crippen LogP contribution in [0.15, 0.2) is 24.3 Å². The molecule has 0 atom stereocenters. The van der Waals surface area contributed by atoms with Crippen molar-refractivity contribution in [3.05, 3.63) is 29.8 Å². The minimum atomic E-state index is -0.731. The minimum Gasteiger partial charge on any atom is -0.497 e. The van der Waals surface area contributed by atoms with Gasteiger partial charge in [-0.2, -0.15) is 0 Å². The molecule has 0 saturated carbocycles. The number of ether oxygens (including phenoxy) is 1. The number of nitrogens with zero attached hydrogens (tertiary/aromatic N) is 1. The first-order valence-electron chi connectivity index (χ1n) is 6.61. The van der Waals surface area contributed by atoms with Gasteiger partial charge in [-0.25, -0.2) is 0 Å². The SMILES string of the molecule is COc1cccc(CN(CCCC(=O)O)C(C)C)c1. The van der Waals surface area contributed by atoms with Crippen molar-refractivity contribution >= 4 is 5.97 Å². The van der Waals surface area contributed by atoms with Crippen LogP contribution in [0.25, 0.3) is 0 Å². The normalized spacial score (nSPS) is 11.0. The van der Waals surface area contributed by atoms with Crippen LogP contribution < -0.4 is 4.74 Å². The van der Waals surface area contributed by atoms with Crippen LogP contribution in [0.5, 0.6) is 5.75 Å². The largest absolute Gasteiger partial charge is 0.497 e. The first kappa shape index (κ1) is 15.5. The van der Waals surface area contributed by atoms with Crippen molar-refractivity contribution in [1.82, 2.24) is 4.90 Å². The Labute approximate surface area is 115 Å². The van der Waals surface area contributed by atoms with E-state index in [1.54, 1.807) is 7.11 Å². The second-order valence-electron chi connectivity index (χ2n) is 4.91. The fraction of sp³-hybridized carbons (Fsp3) is 0.533. The van der Waals surface area contributed by atoms with Crippen molar-refractivity contribution in [2.45, 2.75) is 39.3 Å². The Morgan fingerprint density at radius 2 is 2.16 bits per heavy atom. The molecule has 1 rings (SSSR count). The van der Waals surface area contributed by atoms with Gasteiger partial charge in [0.1, 0.15) is 5.75 Å². The molecule has 0 fully saturated rings. The van der Waals surface area contributed by atoms with Gasteiger partial charge in [0.2, 0.25) is 0 Å². The number of hydrogen-bond donors (Lipinski definition) is 1. The van der Waals surface area contributed by atoms with Gasteiger partial charge >= 0.3 is 5.97 Å². The van der Waals surface area contributed by atoms with E-state index in [0.717, 1.165) is 18.8 Å². The third-order valence-electron chi connectivity index (χ3n) is 3.09. The van der Waals surface area contributed by atoms with Crippen molar-refractivity contribution in [3.63, 3.8) is 0 Å². The molecule has 0 amide bonds. The highest BCUT2D eigenvalue weighted by Crippen LogP contribution is 2.16. The summed E-state index contributed by atoms with van der Waals surface area (Å²) in [7, 11) is 1.66. The fourth-order valence-electron chi connectivity index (χ4n) is 1.96. The van der Waals surface area contributed by atoms with E-state index in [4.69, 9.17) is 9.84 Å². The molecule has 0 aliphatic carbocycles. The zero-order valence-corrected chi connectivity index (χ0v) is 11.9. The number of carboxylic acid groups (broad SMARTS) is 1. The van der Waals surface area contributed by atoms with Crippen LogP contribution in [0.1, 0.15) is 32.3 Å². The van der Waals surface area contributed by atoms with E-state index >= 15 is 0 Å². The second-order valence-corrected chi connectivity index (χ2v) is 4.91. The number of hydrogen-bond acceptors (Lipinski definition) is 3. The minimum absolute atomic E-state index is 0.224. The summed E-state index contributed by atoms with van der Waals surface area (Å²) in [5, 5.41) is 8.69. The van der Waals surface area contributed by atoms with Crippen LogP contribution in [-0.2, 0) is 11.3 Å². The van der Waals surface area contributed by atoms with Gasteiger partial charge in [0.25, 0.3) is 0 Å². The van der Waals surface area contributed by atoms with Gasteiger partial charge in [-0.1, -0.05) is 12.1 Å². The monoisotopic (exact) mass is 265 g/mol. The molecule has 0 saturated heterocycles. The zero-order chi connectivity index (χ0) is 14.3. The maximum atomic E-state index is 10.6. The summed E-state index contributed by atoms with van der Waals surface area (Å²) < 4.78 is 5.21. The third-order valence-corrected chi connectivity index (χ3v) is 3.09. The van der Waals surface area contributed by atoms with Gasteiger partial charge in [0.15, 0.2) is 0 Å². The quantitative estimate of drug-likeness (QED) is 0.785. The number of benzene rings is 1. The summed E-state index contributed by atoms with van der Waals surface area (Å²) in [4.78, 5) is 12.8. The van der Waals surface area contributed by atoms with Crippen LogP contribution in [0.4, 0.5) is 0 Å². The summed E-state index contributed by atoms with van der Waals surface area (Å²) in [6, 6.07) is 8.37. The van der Waals surface area contributed by atoms with E-state index in [-0.39, 0.29) is 6.42 Å². The van der Waals surface area contributed by atoms with E-state index in [1.807, 2.05) is 18.2 Å². The van der Waals surface area contributed by atoms with E-state index in [2.05, 4.69) is 24.8 Å². The Bertz CT molecular complexity index is 404. The Balaban J connectivity index is 2.59. The predicted molar refractivity (Wildman–Crippen MR) is 75.4 cm³/mol. The molecule has 19 heavy (non-hydrogen) atoms. The third kappa shape index (κ3) is 5.75. The number of methoxy groups -OCH3 is 1. The smallest absolute Gasteiger partial charge is 0.303 e. The molecule has 0 aromatic heterocycles. The Hall–Kier alpha value is -1.55. The maximum absolute atomic E-state index is 10.6. The van der Waals surface area contributed by atoms with Gasteiger partial charge in [0.05, 0.1) is 7.11 Å². The summed E-state index contributed by atoms with van der Waals surface area (Å²) in [6.07, 6.45) is 0.902. The lowest BCUT2D eigenvalue weighted by molar-refractivity contribution is -0.137. The Morgan fingerprint density at radius 1 is 1.42 bits per heavy atom. The van der Waals surface area contributed by atoms with E-state index in [0.29, 0.717) is 12.5 Å². The van der Waals surface area contributed by atoms with Crippen molar-refractivity contribution in [1.29, 1.82) is 0 Å². The lowest BCUT2D eigenvalue weighted by atomic mass is 10.1. The molecule has 1 N–H and O–H groups in total. The predicted octanol–water partition coefficient (Wildman–Crippen LogP) is 2.77. The molecule has 0 radical (unpaired) electrons. The van der Waals surface area contributed by atoms with Crippen molar-refractivity contribution in [3.8, 4) is 5.75 Å². The molecule has 0 heterocycles. The van der Waals surface area contributed by atoms with Gasteiger partial charge in [-0.15, -0.1) is 0 Å². The average molecular weight is 265 g/mol. The molecule has 1 aromatic rings. The number of carbonyl (C=O) groups is 1. The maximum Gasteiger partial charge on any atom is 0.303 e. The highest BCUT2D eigenvalue weighted by molar-refractivity contribution is 5.66. The number of carboxylic acids is 1. The molecule has 0 unspecified atom stereocenters. The van der Waals surface area contributed by atoms with Crippen LogP contribution in [0.2, 0.25) is 0 Å². The lowest BCUT2D eigenvalue weighted by Gasteiger charge is -2.26. The topological polar surface area (TPSA) is 49.8 Å². The molecule has 0 aliphatic heterocycles. The molecule has 106 valence electrons. The van der Waals surface area contributed by atoms with E-state index < -0.39 is 5.97 Å². The summed E-state index contributed by atoms with van der Waals surface area (Å²) in [5.74, 6) is 0.122. The number of rotatable bonds is 8. The second kappa shape index (κ2) is 7.79. The molecule has 1 aromatic carbocycles. The highest BCUT2D eigenvalue weighted by Gasteiger charge is 2.11. The highest BCUT2D eigenvalue weighted by atomic mass is 16.5. The molecule has 4 heteroatoms. The van der Waals surface area contributed by atoms with Crippen molar-refractivity contribution in [2.24, 2.45) is 0 Å². The molecule has 0 spiro atoms. The van der Waals surface area contributed by atoms with Gasteiger partial charge < -0.3 is 9.84 Å². The summed E-state index contributed by atoms with van der Waals surface area (Å²) in [6.45, 7) is 5.86. The lowest BCUT2D eigenvalue weighted by Crippen LogP contribution is -2.31. The van der Waals surface area contributed by atoms with Crippen molar-refractivity contribution < 1.29 is 14.6 Å². The molecular weight excluding hydrogens is 242 g/mol. The van der Waals surface area contributed by atoms with Crippen LogP contribution in [0.3, 0.4) is 0 Å². The summed E-state index contributed by atoms with van der Waals surface area (Å²) in [5.41, 5.74) is 1.18. The van der Waals surface area contributed by atoms with Gasteiger partial charge in [-0.05, 0) is 44.5 Å². The van der Waals surface area contributed by atoms with Crippen LogP contribution in [-0.4, -0.2) is 35.7 Å². The Morgan fingerprint density at radius 3 is 2.74 bits per heavy atom. The number of aliphatic carboxylic acids is 1. The van der Waals surface area contributed by atoms with Crippen molar-refractivity contribution in [2.75, 3.05) is 13.7 Å². The Kier molecular flexibility index (Phi) is 6.36. The van der Waals surface area contributed by atoms with E-state index in [9.17, 15) is 4.79 Å². The average Bonchev–Trinajstić information content (AvgIpc) is 2.37. The molecule has 0 bridgehead atoms. The standard InChI is InChI=1S/C15H23NO3/c1-12(2)16(9-5-8-15(17)18)11-13-6-4-7-14(10-13)19-3/h4,6-7,10,12H,5,8-9,11H2,1-3H3,(H,17,18). The van der Waals surface area contributed by atoms with Gasteiger partial charge in [0, 0.05) is 19.0 Å². The van der Waals surface area contributed by atoms with Crippen LogP contribution in [0, 0.1) is 0 Å². The molecular formula is C15H23NO3. The van der Waals surface area contributed by atoms with Gasteiger partial charge in [-0.3, -0.25) is 9.69 Å². The first-order valence-corrected chi connectivity index (χ1v) is 6.61.